The molecule has 1 atom stereocenters. The van der Waals surface area contributed by atoms with Crippen LogP contribution in [-0.2, 0) is 0 Å². The minimum Gasteiger partial charge on any atom is -0.316 e. The Morgan fingerprint density at radius 3 is 3.06 bits per heavy atom. The normalized spacial score (nSPS) is 20.8. The lowest BCUT2D eigenvalue weighted by molar-refractivity contribution is 0.719. The third-order valence-corrected chi connectivity index (χ3v) is 3.30. The van der Waals surface area contributed by atoms with Gasteiger partial charge in [-0.3, -0.25) is 4.40 Å². The Morgan fingerprint density at radius 1 is 1.44 bits per heavy atom. The molecule has 1 N–H and O–H groups in total. The van der Waals surface area contributed by atoms with Crippen LogP contribution in [0.4, 0.5) is 0 Å². The van der Waals surface area contributed by atoms with Crippen molar-refractivity contribution in [3.8, 4) is 0 Å². The molecule has 1 saturated heterocycles. The zero-order chi connectivity index (χ0) is 11.1. The first kappa shape index (κ1) is 9.78. The number of nitrogens with zero attached hydrogens (tertiary/aromatic N) is 3. The highest BCUT2D eigenvalue weighted by molar-refractivity contribution is 5.37. The van der Waals surface area contributed by atoms with Gasteiger partial charge in [0.05, 0.1) is 6.20 Å². The highest BCUT2D eigenvalue weighted by Crippen LogP contribution is 2.23. The molecule has 84 valence electrons. The minimum absolute atomic E-state index is 0.582. The Hall–Kier alpha value is -1.42. The lowest BCUT2D eigenvalue weighted by Gasteiger charge is -2.10. The van der Waals surface area contributed by atoms with E-state index in [-0.39, 0.29) is 0 Å². The third-order valence-electron chi connectivity index (χ3n) is 3.30. The molecule has 0 spiro atoms. The molecular formula is C12H16N4. The summed E-state index contributed by atoms with van der Waals surface area (Å²) in [5, 5.41) is 3.39. The lowest BCUT2D eigenvalue weighted by atomic mass is 10.1. The molecule has 16 heavy (non-hydrogen) atoms. The molecule has 0 amide bonds. The van der Waals surface area contributed by atoms with E-state index in [9.17, 15) is 0 Å². The van der Waals surface area contributed by atoms with E-state index in [1.165, 1.54) is 17.8 Å². The summed E-state index contributed by atoms with van der Waals surface area (Å²) in [4.78, 5) is 8.87. The SMILES string of the molecule is Cc1cc(C)n2c(C3CCNC3)cnc2n1. The van der Waals surface area contributed by atoms with Crippen molar-refractivity contribution < 1.29 is 0 Å². The monoisotopic (exact) mass is 216 g/mol. The van der Waals surface area contributed by atoms with Gasteiger partial charge in [-0.2, -0.15) is 0 Å². The first-order chi connectivity index (χ1) is 7.75. The van der Waals surface area contributed by atoms with E-state index in [4.69, 9.17) is 0 Å². The van der Waals surface area contributed by atoms with Gasteiger partial charge in [-0.1, -0.05) is 0 Å². The third kappa shape index (κ3) is 1.41. The van der Waals surface area contributed by atoms with E-state index in [1.807, 2.05) is 13.1 Å². The fraction of sp³-hybridized carbons (Fsp3) is 0.500. The van der Waals surface area contributed by atoms with Gasteiger partial charge in [0.25, 0.3) is 0 Å². The Labute approximate surface area is 94.7 Å². The quantitative estimate of drug-likeness (QED) is 0.784. The van der Waals surface area contributed by atoms with E-state index < -0.39 is 0 Å². The number of aryl methyl sites for hydroxylation is 2. The second-order valence-electron chi connectivity index (χ2n) is 4.55. The predicted molar refractivity (Wildman–Crippen MR) is 62.7 cm³/mol. The van der Waals surface area contributed by atoms with Crippen molar-refractivity contribution in [2.45, 2.75) is 26.2 Å². The molecule has 2 aromatic heterocycles. The molecule has 2 aromatic rings. The Kier molecular flexibility index (Phi) is 2.17. The fourth-order valence-electron chi connectivity index (χ4n) is 2.55. The van der Waals surface area contributed by atoms with E-state index in [1.54, 1.807) is 0 Å². The van der Waals surface area contributed by atoms with Crippen LogP contribution in [0.5, 0.6) is 0 Å². The summed E-state index contributed by atoms with van der Waals surface area (Å²) in [6, 6.07) is 2.11. The summed E-state index contributed by atoms with van der Waals surface area (Å²) in [5.41, 5.74) is 3.55. The van der Waals surface area contributed by atoms with E-state index in [2.05, 4.69) is 32.7 Å². The van der Waals surface area contributed by atoms with Gasteiger partial charge in [0.2, 0.25) is 5.78 Å². The maximum Gasteiger partial charge on any atom is 0.234 e. The first-order valence-corrected chi connectivity index (χ1v) is 5.78. The highest BCUT2D eigenvalue weighted by Gasteiger charge is 2.21. The molecule has 0 aliphatic carbocycles. The first-order valence-electron chi connectivity index (χ1n) is 5.78. The molecule has 1 aliphatic heterocycles. The standard InChI is InChI=1S/C12H16N4/c1-8-5-9(2)16-11(7-14-12(16)15-8)10-3-4-13-6-10/h5,7,10,13H,3-4,6H2,1-2H3. The van der Waals surface area contributed by atoms with Crippen molar-refractivity contribution in [1.29, 1.82) is 0 Å². The van der Waals surface area contributed by atoms with Crippen molar-refractivity contribution in [3.63, 3.8) is 0 Å². The zero-order valence-electron chi connectivity index (χ0n) is 9.70. The van der Waals surface area contributed by atoms with Gasteiger partial charge in [0.15, 0.2) is 0 Å². The second-order valence-corrected chi connectivity index (χ2v) is 4.55. The van der Waals surface area contributed by atoms with E-state index in [0.717, 1.165) is 24.6 Å². The van der Waals surface area contributed by atoms with Crippen molar-refractivity contribution >= 4 is 5.78 Å². The largest absolute Gasteiger partial charge is 0.316 e. The van der Waals surface area contributed by atoms with Crippen molar-refractivity contribution in [2.75, 3.05) is 13.1 Å². The van der Waals surface area contributed by atoms with Crippen LogP contribution < -0.4 is 5.32 Å². The second kappa shape index (κ2) is 3.56. The molecule has 1 aliphatic rings. The molecule has 0 aromatic carbocycles. The Balaban J connectivity index is 2.18. The summed E-state index contributed by atoms with van der Waals surface area (Å²) in [6.45, 7) is 6.30. The average Bonchev–Trinajstić information content (AvgIpc) is 2.82. The Bertz CT molecular complexity index is 523. The molecule has 1 unspecified atom stereocenters. The number of rotatable bonds is 1. The molecule has 3 heterocycles. The fourth-order valence-corrected chi connectivity index (χ4v) is 2.55. The minimum atomic E-state index is 0.582. The van der Waals surface area contributed by atoms with Crippen molar-refractivity contribution in [1.82, 2.24) is 19.7 Å². The molecule has 0 radical (unpaired) electrons. The summed E-state index contributed by atoms with van der Waals surface area (Å²) in [6.07, 6.45) is 3.17. The topological polar surface area (TPSA) is 42.2 Å². The summed E-state index contributed by atoms with van der Waals surface area (Å²) < 4.78 is 2.19. The predicted octanol–water partition coefficient (Wildman–Crippen LogP) is 1.42. The van der Waals surface area contributed by atoms with Gasteiger partial charge in [0, 0.05) is 29.5 Å². The Morgan fingerprint density at radius 2 is 2.31 bits per heavy atom. The molecule has 1 fully saturated rings. The summed E-state index contributed by atoms with van der Waals surface area (Å²) in [7, 11) is 0. The van der Waals surface area contributed by atoms with Gasteiger partial charge in [-0.15, -0.1) is 0 Å². The van der Waals surface area contributed by atoms with E-state index in [0.29, 0.717) is 5.92 Å². The van der Waals surface area contributed by atoms with E-state index >= 15 is 0 Å². The van der Waals surface area contributed by atoms with Crippen LogP contribution in [0.15, 0.2) is 12.3 Å². The number of aromatic nitrogens is 3. The molecule has 0 saturated carbocycles. The number of fused-ring (bicyclic) bond motifs is 1. The van der Waals surface area contributed by atoms with Gasteiger partial charge >= 0.3 is 0 Å². The van der Waals surface area contributed by atoms with Crippen molar-refractivity contribution in [3.05, 3.63) is 29.3 Å². The molecule has 0 bridgehead atoms. The van der Waals surface area contributed by atoms with Crippen LogP contribution >= 0.6 is 0 Å². The van der Waals surface area contributed by atoms with Crippen molar-refractivity contribution in [2.24, 2.45) is 0 Å². The molecule has 4 heteroatoms. The van der Waals surface area contributed by atoms with Gasteiger partial charge in [0.1, 0.15) is 0 Å². The smallest absolute Gasteiger partial charge is 0.234 e. The maximum absolute atomic E-state index is 4.46. The number of nitrogens with one attached hydrogen (secondary N) is 1. The number of imidazole rings is 1. The van der Waals surface area contributed by atoms with Crippen LogP contribution in [0.25, 0.3) is 5.78 Å². The number of hydrogen-bond donors (Lipinski definition) is 1. The molecule has 3 rings (SSSR count). The van der Waals surface area contributed by atoms with Crippen LogP contribution in [0, 0.1) is 13.8 Å². The zero-order valence-corrected chi connectivity index (χ0v) is 9.70. The molecule has 4 nitrogen and oxygen atoms in total. The lowest BCUT2D eigenvalue weighted by Crippen LogP contribution is -2.10. The van der Waals surface area contributed by atoms with Crippen LogP contribution in [0.2, 0.25) is 0 Å². The summed E-state index contributed by atoms with van der Waals surface area (Å²) >= 11 is 0. The van der Waals surface area contributed by atoms with Crippen LogP contribution in [0.1, 0.15) is 29.4 Å². The number of hydrogen-bond acceptors (Lipinski definition) is 3. The highest BCUT2D eigenvalue weighted by atomic mass is 15.1. The summed E-state index contributed by atoms with van der Waals surface area (Å²) in [5.74, 6) is 1.41. The average molecular weight is 216 g/mol. The van der Waals surface area contributed by atoms with Crippen LogP contribution in [0.3, 0.4) is 0 Å². The maximum atomic E-state index is 4.46. The molecular weight excluding hydrogens is 200 g/mol. The van der Waals surface area contributed by atoms with Crippen LogP contribution in [-0.4, -0.2) is 27.5 Å². The van der Waals surface area contributed by atoms with Gasteiger partial charge in [-0.05, 0) is 32.9 Å². The van der Waals surface area contributed by atoms with Gasteiger partial charge in [-0.25, -0.2) is 9.97 Å². The van der Waals surface area contributed by atoms with Gasteiger partial charge < -0.3 is 5.32 Å².